The van der Waals surface area contributed by atoms with Crippen molar-refractivity contribution in [2.75, 3.05) is 26.7 Å². The number of methoxy groups -OCH3 is 1. The quantitative estimate of drug-likeness (QED) is 0.440. The normalized spacial score (nSPS) is 11.5. The van der Waals surface area contributed by atoms with Crippen molar-refractivity contribution in [3.05, 3.63) is 35.9 Å². The summed E-state index contributed by atoms with van der Waals surface area (Å²) >= 11 is 0. The Hall–Kier alpha value is -2.65. The molecule has 0 radical (unpaired) electrons. The number of nitrogens with one attached hydrogen (secondary N) is 2. The highest BCUT2D eigenvalue weighted by atomic mass is 16.6. The molecule has 9 heteroatoms. The van der Waals surface area contributed by atoms with Crippen LogP contribution in [0.5, 0.6) is 0 Å². The second kappa shape index (κ2) is 12.1. The molecular formula is C21H34N4O5. The van der Waals surface area contributed by atoms with Gasteiger partial charge in [0.2, 0.25) is 5.91 Å². The molecule has 0 aliphatic rings. The maximum absolute atomic E-state index is 12.6. The minimum absolute atomic E-state index is 0.0708. The molecule has 1 rings (SSSR count). The molecule has 0 aliphatic carbocycles. The maximum atomic E-state index is 12.6. The molecule has 0 aromatic heterocycles. The Bertz CT molecular complexity index is 688. The molecule has 0 spiro atoms. The zero-order chi connectivity index (χ0) is 22.7. The molecule has 2 amide bonds. The highest BCUT2D eigenvalue weighted by molar-refractivity contribution is 5.79. The van der Waals surface area contributed by atoms with E-state index in [4.69, 9.17) is 4.74 Å². The van der Waals surface area contributed by atoms with Crippen LogP contribution in [0.2, 0.25) is 0 Å². The van der Waals surface area contributed by atoms with Crippen LogP contribution in [0.25, 0.3) is 0 Å². The topological polar surface area (TPSA) is 100 Å². The summed E-state index contributed by atoms with van der Waals surface area (Å²) in [5.74, 6) is -0.620. The van der Waals surface area contributed by atoms with Crippen LogP contribution < -0.4 is 10.9 Å². The molecule has 0 bridgehead atoms. The van der Waals surface area contributed by atoms with E-state index >= 15 is 0 Å². The third-order valence-electron chi connectivity index (χ3n) is 3.61. The van der Waals surface area contributed by atoms with Gasteiger partial charge in [0.15, 0.2) is 0 Å². The van der Waals surface area contributed by atoms with Crippen LogP contribution in [0, 0.1) is 5.92 Å². The number of carbonyl (C=O) groups excluding carboxylic acids is 3. The van der Waals surface area contributed by atoms with Crippen LogP contribution in [0.1, 0.15) is 40.2 Å². The standard InChI is InChI=1S/C21H34N4O5/c1-16(2)12-24(15-19(27)29-6)22-18(26)14-25(13-17-10-8-7-9-11-17)23-20(28)30-21(3,4)5/h7-11,16H,12-15H2,1-6H3,(H,22,26)(H,23,28). The van der Waals surface area contributed by atoms with Crippen LogP contribution in [0.15, 0.2) is 30.3 Å². The van der Waals surface area contributed by atoms with Crippen LogP contribution in [-0.4, -0.2) is 60.3 Å². The number of hydrazine groups is 2. The number of hydrogen-bond donors (Lipinski definition) is 2. The van der Waals surface area contributed by atoms with Gasteiger partial charge >= 0.3 is 12.1 Å². The summed E-state index contributed by atoms with van der Waals surface area (Å²) in [6.07, 6.45) is -0.653. The monoisotopic (exact) mass is 422 g/mol. The molecule has 1 aromatic carbocycles. The molecule has 9 nitrogen and oxygen atoms in total. The molecule has 0 fully saturated rings. The molecule has 0 aliphatic heterocycles. The summed E-state index contributed by atoms with van der Waals surface area (Å²) in [6, 6.07) is 9.43. The number of benzene rings is 1. The highest BCUT2D eigenvalue weighted by Gasteiger charge is 2.22. The van der Waals surface area contributed by atoms with E-state index in [9.17, 15) is 14.4 Å². The number of ether oxygens (including phenoxy) is 2. The van der Waals surface area contributed by atoms with Crippen molar-refractivity contribution in [2.24, 2.45) is 5.92 Å². The minimum Gasteiger partial charge on any atom is -0.468 e. The van der Waals surface area contributed by atoms with Gasteiger partial charge in [-0.25, -0.2) is 14.8 Å². The molecule has 0 unspecified atom stereocenters. The van der Waals surface area contributed by atoms with E-state index in [0.29, 0.717) is 13.1 Å². The summed E-state index contributed by atoms with van der Waals surface area (Å²) in [6.45, 7) is 9.80. The first-order valence-electron chi connectivity index (χ1n) is 9.88. The Labute approximate surface area is 178 Å². The van der Waals surface area contributed by atoms with Crippen molar-refractivity contribution >= 4 is 18.0 Å². The second-order valence-electron chi connectivity index (χ2n) is 8.34. The number of esters is 1. The Kier molecular flexibility index (Phi) is 10.3. The molecule has 168 valence electrons. The van der Waals surface area contributed by atoms with Crippen molar-refractivity contribution in [1.82, 2.24) is 20.9 Å². The fourth-order valence-electron chi connectivity index (χ4n) is 2.56. The number of hydrogen-bond acceptors (Lipinski definition) is 7. The van der Waals surface area contributed by atoms with Crippen LogP contribution in [0.4, 0.5) is 4.79 Å². The van der Waals surface area contributed by atoms with E-state index in [1.165, 1.54) is 17.1 Å². The first-order chi connectivity index (χ1) is 14.0. The first-order valence-corrected chi connectivity index (χ1v) is 9.88. The molecule has 0 saturated heterocycles. The van der Waals surface area contributed by atoms with Gasteiger partial charge in [0.1, 0.15) is 12.1 Å². The van der Waals surface area contributed by atoms with Crippen LogP contribution in [0.3, 0.4) is 0 Å². The van der Waals surface area contributed by atoms with Gasteiger partial charge in [-0.1, -0.05) is 44.2 Å². The van der Waals surface area contributed by atoms with Gasteiger partial charge in [-0.15, -0.1) is 0 Å². The summed E-state index contributed by atoms with van der Waals surface area (Å²) < 4.78 is 9.98. The zero-order valence-corrected chi connectivity index (χ0v) is 18.7. The number of nitrogens with zero attached hydrogens (tertiary/aromatic N) is 2. The van der Waals surface area contributed by atoms with Crippen LogP contribution >= 0.6 is 0 Å². The van der Waals surface area contributed by atoms with Crippen molar-refractivity contribution in [3.63, 3.8) is 0 Å². The lowest BCUT2D eigenvalue weighted by molar-refractivity contribution is -0.144. The minimum atomic E-state index is -0.667. The summed E-state index contributed by atoms with van der Waals surface area (Å²) in [5, 5.41) is 2.97. The van der Waals surface area contributed by atoms with E-state index in [0.717, 1.165) is 5.56 Å². The third kappa shape index (κ3) is 11.4. The van der Waals surface area contributed by atoms with Gasteiger partial charge in [-0.05, 0) is 32.3 Å². The number of carbonyl (C=O) groups is 3. The predicted octanol–water partition coefficient (Wildman–Crippen LogP) is 2.09. The fraction of sp³-hybridized carbons (Fsp3) is 0.571. The SMILES string of the molecule is COC(=O)CN(CC(C)C)NC(=O)CN(Cc1ccccc1)NC(=O)OC(C)(C)C. The zero-order valence-electron chi connectivity index (χ0n) is 18.7. The lowest BCUT2D eigenvalue weighted by Gasteiger charge is -2.28. The molecule has 0 atom stereocenters. The first kappa shape index (κ1) is 25.4. The largest absolute Gasteiger partial charge is 0.468 e. The average molecular weight is 423 g/mol. The lowest BCUT2D eigenvalue weighted by Crippen LogP contribution is -2.53. The lowest BCUT2D eigenvalue weighted by atomic mass is 10.2. The van der Waals surface area contributed by atoms with Crippen LogP contribution in [-0.2, 0) is 25.6 Å². The Morgan fingerprint density at radius 1 is 1.00 bits per heavy atom. The van der Waals surface area contributed by atoms with E-state index in [1.807, 2.05) is 44.2 Å². The van der Waals surface area contributed by atoms with E-state index in [2.05, 4.69) is 15.6 Å². The summed E-state index contributed by atoms with van der Waals surface area (Å²) in [7, 11) is 1.30. The van der Waals surface area contributed by atoms with Gasteiger partial charge in [0.25, 0.3) is 0 Å². The predicted molar refractivity (Wildman–Crippen MR) is 113 cm³/mol. The Balaban J connectivity index is 2.82. The fourth-order valence-corrected chi connectivity index (χ4v) is 2.56. The molecule has 2 N–H and O–H groups in total. The van der Waals surface area contributed by atoms with Gasteiger partial charge in [0.05, 0.1) is 13.7 Å². The van der Waals surface area contributed by atoms with Gasteiger partial charge in [0, 0.05) is 13.1 Å². The molecular weight excluding hydrogens is 388 g/mol. The van der Waals surface area contributed by atoms with E-state index in [1.54, 1.807) is 20.8 Å². The van der Waals surface area contributed by atoms with Gasteiger partial charge in [-0.3, -0.25) is 20.4 Å². The van der Waals surface area contributed by atoms with Gasteiger partial charge < -0.3 is 9.47 Å². The highest BCUT2D eigenvalue weighted by Crippen LogP contribution is 2.08. The molecule has 30 heavy (non-hydrogen) atoms. The van der Waals surface area contributed by atoms with Crippen molar-refractivity contribution in [3.8, 4) is 0 Å². The molecule has 1 aromatic rings. The molecule has 0 heterocycles. The smallest absolute Gasteiger partial charge is 0.422 e. The van der Waals surface area contributed by atoms with Crippen molar-refractivity contribution in [2.45, 2.75) is 46.8 Å². The summed E-state index contributed by atoms with van der Waals surface area (Å²) in [5.41, 5.74) is 5.58. The van der Waals surface area contributed by atoms with E-state index in [-0.39, 0.29) is 24.9 Å². The second-order valence-corrected chi connectivity index (χ2v) is 8.34. The number of rotatable bonds is 10. The van der Waals surface area contributed by atoms with Crippen molar-refractivity contribution in [1.29, 1.82) is 0 Å². The maximum Gasteiger partial charge on any atom is 0.422 e. The third-order valence-corrected chi connectivity index (χ3v) is 3.61. The number of amides is 2. The Morgan fingerprint density at radius 3 is 2.17 bits per heavy atom. The Morgan fingerprint density at radius 2 is 1.63 bits per heavy atom. The summed E-state index contributed by atoms with van der Waals surface area (Å²) in [4.78, 5) is 36.5. The average Bonchev–Trinajstić information content (AvgIpc) is 2.59. The van der Waals surface area contributed by atoms with Gasteiger partial charge in [-0.2, -0.15) is 0 Å². The van der Waals surface area contributed by atoms with E-state index < -0.39 is 17.7 Å². The molecule has 0 saturated carbocycles. The van der Waals surface area contributed by atoms with Crippen molar-refractivity contribution < 1.29 is 23.9 Å².